The summed E-state index contributed by atoms with van der Waals surface area (Å²) in [6.45, 7) is 0. The molecule has 1 aliphatic carbocycles. The van der Waals surface area contributed by atoms with Crippen molar-refractivity contribution >= 4 is 11.4 Å². The van der Waals surface area contributed by atoms with Crippen LogP contribution in [-0.4, -0.2) is 20.4 Å². The van der Waals surface area contributed by atoms with Gasteiger partial charge in [-0.3, -0.25) is 0 Å². The molecule has 2 aromatic heterocycles. The molecule has 5 nitrogen and oxygen atoms in total. The van der Waals surface area contributed by atoms with Crippen LogP contribution in [0.5, 0.6) is 0 Å². The summed E-state index contributed by atoms with van der Waals surface area (Å²) in [5, 5.41) is 11.9. The summed E-state index contributed by atoms with van der Waals surface area (Å²) in [5.41, 5.74) is 7.16. The van der Waals surface area contributed by atoms with Crippen molar-refractivity contribution in [3.63, 3.8) is 0 Å². The first kappa shape index (κ1) is 11.1. The largest absolute Gasteiger partial charge is 0.409 e. The number of rotatable bonds is 2. The summed E-state index contributed by atoms with van der Waals surface area (Å²) in [6, 6.07) is 5.85. The number of imidazole rings is 1. The van der Waals surface area contributed by atoms with Crippen molar-refractivity contribution in [1.82, 2.24) is 9.38 Å². The highest BCUT2D eigenvalue weighted by molar-refractivity contribution is 6.01. The molecule has 3 N–H and O–H groups in total. The summed E-state index contributed by atoms with van der Waals surface area (Å²) >= 11 is 0. The van der Waals surface area contributed by atoms with Gasteiger partial charge in [0.25, 0.3) is 0 Å². The Morgan fingerprint density at radius 3 is 2.89 bits per heavy atom. The third kappa shape index (κ3) is 1.63. The molecule has 0 radical (unpaired) electrons. The van der Waals surface area contributed by atoms with Gasteiger partial charge in [-0.2, -0.15) is 0 Å². The van der Waals surface area contributed by atoms with Crippen LogP contribution in [0.25, 0.3) is 5.52 Å². The molecular weight excluding hydrogens is 228 g/mol. The van der Waals surface area contributed by atoms with Crippen molar-refractivity contribution < 1.29 is 5.21 Å². The fraction of sp³-hybridized carbons (Fsp3) is 0.385. The number of fused-ring (bicyclic) bond motifs is 1. The van der Waals surface area contributed by atoms with Crippen LogP contribution in [-0.2, 0) is 0 Å². The van der Waals surface area contributed by atoms with E-state index in [1.807, 2.05) is 24.4 Å². The van der Waals surface area contributed by atoms with Crippen LogP contribution in [0, 0.1) is 0 Å². The Balaban J connectivity index is 2.20. The van der Waals surface area contributed by atoms with Crippen molar-refractivity contribution in [2.24, 2.45) is 10.9 Å². The molecule has 3 rings (SSSR count). The van der Waals surface area contributed by atoms with Gasteiger partial charge in [0.1, 0.15) is 11.5 Å². The molecule has 0 bridgehead atoms. The minimum absolute atomic E-state index is 0.0722. The first-order valence-corrected chi connectivity index (χ1v) is 6.26. The van der Waals surface area contributed by atoms with E-state index >= 15 is 0 Å². The second-order valence-electron chi connectivity index (χ2n) is 4.74. The maximum atomic E-state index is 8.84. The van der Waals surface area contributed by atoms with E-state index in [0.29, 0.717) is 11.6 Å². The average molecular weight is 244 g/mol. The molecule has 5 heteroatoms. The lowest BCUT2D eigenvalue weighted by molar-refractivity contribution is 0.318. The number of hydrogen-bond acceptors (Lipinski definition) is 3. The molecule has 0 atom stereocenters. The summed E-state index contributed by atoms with van der Waals surface area (Å²) in [7, 11) is 0. The van der Waals surface area contributed by atoms with E-state index in [-0.39, 0.29) is 5.84 Å². The van der Waals surface area contributed by atoms with Crippen molar-refractivity contribution in [3.8, 4) is 0 Å². The monoisotopic (exact) mass is 244 g/mol. The Kier molecular flexibility index (Phi) is 2.66. The third-order valence-corrected chi connectivity index (χ3v) is 3.65. The topological polar surface area (TPSA) is 75.9 Å². The van der Waals surface area contributed by atoms with Crippen LogP contribution in [0.2, 0.25) is 0 Å². The highest BCUT2D eigenvalue weighted by Crippen LogP contribution is 2.34. The van der Waals surface area contributed by atoms with Crippen LogP contribution in [0.15, 0.2) is 29.6 Å². The van der Waals surface area contributed by atoms with Crippen molar-refractivity contribution in [3.05, 3.63) is 35.9 Å². The van der Waals surface area contributed by atoms with Crippen LogP contribution in [0.3, 0.4) is 0 Å². The zero-order valence-corrected chi connectivity index (χ0v) is 10.1. The third-order valence-electron chi connectivity index (χ3n) is 3.65. The Morgan fingerprint density at radius 1 is 1.39 bits per heavy atom. The highest BCUT2D eigenvalue weighted by Gasteiger charge is 2.24. The Bertz CT molecular complexity index is 596. The summed E-state index contributed by atoms with van der Waals surface area (Å²) in [4.78, 5) is 4.59. The SMILES string of the molecule is NC(=NO)c1nc(C2CCCC2)n2ccccc12. The molecule has 2 heterocycles. The number of aromatic nitrogens is 2. The van der Waals surface area contributed by atoms with E-state index in [0.717, 1.165) is 11.3 Å². The van der Waals surface area contributed by atoms with Gasteiger partial charge in [-0.15, -0.1) is 0 Å². The van der Waals surface area contributed by atoms with E-state index in [2.05, 4.69) is 14.5 Å². The molecule has 0 aliphatic heterocycles. The van der Waals surface area contributed by atoms with E-state index in [9.17, 15) is 0 Å². The van der Waals surface area contributed by atoms with Gasteiger partial charge in [-0.1, -0.05) is 24.1 Å². The van der Waals surface area contributed by atoms with Gasteiger partial charge in [-0.05, 0) is 25.0 Å². The molecule has 2 aromatic rings. The molecule has 0 spiro atoms. The second kappa shape index (κ2) is 4.33. The van der Waals surface area contributed by atoms with Crippen molar-refractivity contribution in [2.45, 2.75) is 31.6 Å². The summed E-state index contributed by atoms with van der Waals surface area (Å²) in [5.74, 6) is 1.59. The fourth-order valence-corrected chi connectivity index (χ4v) is 2.77. The minimum atomic E-state index is 0.0722. The lowest BCUT2D eigenvalue weighted by atomic mass is 10.1. The number of amidine groups is 1. The normalized spacial score (nSPS) is 17.7. The number of hydrogen-bond donors (Lipinski definition) is 2. The van der Waals surface area contributed by atoms with Crippen LogP contribution in [0.4, 0.5) is 0 Å². The molecule has 0 saturated heterocycles. The number of nitrogens with two attached hydrogens (primary N) is 1. The molecule has 1 fully saturated rings. The molecule has 94 valence electrons. The predicted octanol–water partition coefficient (Wildman–Crippen LogP) is 2.09. The van der Waals surface area contributed by atoms with Gasteiger partial charge < -0.3 is 15.3 Å². The highest BCUT2D eigenvalue weighted by atomic mass is 16.4. The fourth-order valence-electron chi connectivity index (χ4n) is 2.77. The van der Waals surface area contributed by atoms with Crippen LogP contribution in [0.1, 0.15) is 43.1 Å². The first-order valence-electron chi connectivity index (χ1n) is 6.26. The summed E-state index contributed by atoms with van der Waals surface area (Å²) in [6.07, 6.45) is 6.84. The maximum Gasteiger partial charge on any atom is 0.191 e. The van der Waals surface area contributed by atoms with Crippen molar-refractivity contribution in [2.75, 3.05) is 0 Å². The van der Waals surface area contributed by atoms with Gasteiger partial charge in [0.15, 0.2) is 5.84 Å². The lowest BCUT2D eigenvalue weighted by Crippen LogP contribution is -2.14. The van der Waals surface area contributed by atoms with Gasteiger partial charge in [0.2, 0.25) is 0 Å². The van der Waals surface area contributed by atoms with E-state index < -0.39 is 0 Å². The smallest absolute Gasteiger partial charge is 0.191 e. The van der Waals surface area contributed by atoms with Gasteiger partial charge in [0.05, 0.1) is 5.52 Å². The van der Waals surface area contributed by atoms with Crippen LogP contribution < -0.4 is 5.73 Å². The standard InChI is InChI=1S/C13H16N4O/c14-12(16-18)11-10-7-3-4-8-17(10)13(15-11)9-5-1-2-6-9/h3-4,7-9,18H,1-2,5-6H2,(H2,14,16). The molecule has 0 unspecified atom stereocenters. The Labute approximate surface area is 105 Å². The second-order valence-corrected chi connectivity index (χ2v) is 4.74. The number of pyridine rings is 1. The first-order chi connectivity index (χ1) is 8.81. The zero-order chi connectivity index (χ0) is 12.5. The van der Waals surface area contributed by atoms with E-state index in [1.54, 1.807) is 0 Å². The molecule has 0 aromatic carbocycles. The lowest BCUT2D eigenvalue weighted by Gasteiger charge is -2.06. The molecule has 0 amide bonds. The number of oxime groups is 1. The minimum Gasteiger partial charge on any atom is -0.409 e. The molecule has 18 heavy (non-hydrogen) atoms. The van der Waals surface area contributed by atoms with Gasteiger partial charge in [-0.25, -0.2) is 4.98 Å². The van der Waals surface area contributed by atoms with Crippen molar-refractivity contribution in [1.29, 1.82) is 0 Å². The summed E-state index contributed by atoms with van der Waals surface area (Å²) < 4.78 is 2.06. The Morgan fingerprint density at radius 2 is 2.17 bits per heavy atom. The predicted molar refractivity (Wildman–Crippen MR) is 68.9 cm³/mol. The molecule has 1 aliphatic rings. The Hall–Kier alpha value is -2.04. The maximum absolute atomic E-state index is 8.84. The van der Waals surface area contributed by atoms with E-state index in [4.69, 9.17) is 10.9 Å². The number of nitrogens with zero attached hydrogens (tertiary/aromatic N) is 3. The van der Waals surface area contributed by atoms with Gasteiger partial charge >= 0.3 is 0 Å². The molecular formula is C13H16N4O. The quantitative estimate of drug-likeness (QED) is 0.367. The van der Waals surface area contributed by atoms with Gasteiger partial charge in [0, 0.05) is 12.1 Å². The van der Waals surface area contributed by atoms with Crippen LogP contribution >= 0.6 is 0 Å². The average Bonchev–Trinajstić information content (AvgIpc) is 3.04. The van der Waals surface area contributed by atoms with E-state index in [1.165, 1.54) is 25.7 Å². The molecule has 1 saturated carbocycles. The zero-order valence-electron chi connectivity index (χ0n) is 10.1.